The van der Waals surface area contributed by atoms with Crippen LogP contribution in [0.15, 0.2) is 12.2 Å². The molecule has 3 fully saturated rings. The maximum atomic E-state index is 10.5. The standard InChI is InChI=1S/C20H32O/c1-13-12-14-16-7-8-18(21)20(16,3)11-9-17(14)19(2)10-5-4-6-15(13)19/h4,6,13-18,21H,5,7-12H2,1-3H3/t13-,14-,15-,16-,17-,18-,19-,20-/m0/s1. The Labute approximate surface area is 130 Å². The van der Waals surface area contributed by atoms with E-state index >= 15 is 0 Å². The summed E-state index contributed by atoms with van der Waals surface area (Å²) in [5.74, 6) is 4.21. The van der Waals surface area contributed by atoms with Crippen LogP contribution in [0.5, 0.6) is 0 Å². The summed E-state index contributed by atoms with van der Waals surface area (Å²) in [6.07, 6.45) is 14.0. The van der Waals surface area contributed by atoms with E-state index in [1.807, 2.05) is 0 Å². The molecule has 4 rings (SSSR count). The molecule has 0 aromatic carbocycles. The van der Waals surface area contributed by atoms with Crippen molar-refractivity contribution in [2.75, 3.05) is 0 Å². The van der Waals surface area contributed by atoms with Gasteiger partial charge in [0, 0.05) is 0 Å². The summed E-state index contributed by atoms with van der Waals surface area (Å²) < 4.78 is 0. The second-order valence-corrected chi connectivity index (χ2v) is 9.23. The number of allylic oxidation sites excluding steroid dienone is 2. The van der Waals surface area contributed by atoms with Crippen LogP contribution in [0.4, 0.5) is 0 Å². The van der Waals surface area contributed by atoms with Gasteiger partial charge < -0.3 is 5.11 Å². The van der Waals surface area contributed by atoms with Gasteiger partial charge in [-0.25, -0.2) is 0 Å². The largest absolute Gasteiger partial charge is 0.393 e. The summed E-state index contributed by atoms with van der Waals surface area (Å²) in [7, 11) is 0. The van der Waals surface area contributed by atoms with E-state index < -0.39 is 0 Å². The van der Waals surface area contributed by atoms with Crippen LogP contribution < -0.4 is 0 Å². The van der Waals surface area contributed by atoms with Gasteiger partial charge in [0.2, 0.25) is 0 Å². The number of hydrogen-bond acceptors (Lipinski definition) is 1. The average Bonchev–Trinajstić information content (AvgIpc) is 2.75. The third-order valence-electron chi connectivity index (χ3n) is 8.45. The molecule has 1 N–H and O–H groups in total. The highest BCUT2D eigenvalue weighted by Gasteiger charge is 2.60. The molecule has 1 heteroatoms. The second-order valence-electron chi connectivity index (χ2n) is 9.23. The Balaban J connectivity index is 1.70. The Morgan fingerprint density at radius 3 is 2.57 bits per heavy atom. The van der Waals surface area contributed by atoms with E-state index in [1.54, 1.807) is 0 Å². The zero-order valence-corrected chi connectivity index (χ0v) is 14.0. The van der Waals surface area contributed by atoms with Gasteiger partial charge in [0.25, 0.3) is 0 Å². The number of hydrogen-bond donors (Lipinski definition) is 1. The van der Waals surface area contributed by atoms with Crippen LogP contribution in [-0.2, 0) is 0 Å². The highest BCUT2D eigenvalue weighted by atomic mass is 16.3. The zero-order chi connectivity index (χ0) is 14.8. The molecule has 0 aromatic rings. The van der Waals surface area contributed by atoms with Crippen molar-refractivity contribution in [2.24, 2.45) is 40.4 Å². The lowest BCUT2D eigenvalue weighted by Gasteiger charge is -2.61. The molecule has 21 heavy (non-hydrogen) atoms. The molecule has 0 bridgehead atoms. The molecule has 0 spiro atoms. The summed E-state index contributed by atoms with van der Waals surface area (Å²) in [5.41, 5.74) is 0.764. The van der Waals surface area contributed by atoms with Crippen LogP contribution in [0, 0.1) is 40.4 Å². The molecule has 8 atom stereocenters. The molecule has 0 heterocycles. The quantitative estimate of drug-likeness (QED) is 0.635. The molecule has 0 amide bonds. The van der Waals surface area contributed by atoms with Crippen molar-refractivity contribution in [3.8, 4) is 0 Å². The van der Waals surface area contributed by atoms with E-state index in [1.165, 1.54) is 38.5 Å². The molecule has 0 unspecified atom stereocenters. The number of rotatable bonds is 0. The lowest BCUT2D eigenvalue weighted by Crippen LogP contribution is -2.54. The van der Waals surface area contributed by atoms with Gasteiger partial charge in [-0.15, -0.1) is 0 Å². The Kier molecular flexibility index (Phi) is 3.13. The topological polar surface area (TPSA) is 20.2 Å². The average molecular weight is 288 g/mol. The summed E-state index contributed by atoms with van der Waals surface area (Å²) in [6.45, 7) is 7.49. The van der Waals surface area contributed by atoms with Crippen molar-refractivity contribution < 1.29 is 5.11 Å². The van der Waals surface area contributed by atoms with Crippen molar-refractivity contribution in [3.05, 3.63) is 12.2 Å². The molecule has 1 nitrogen and oxygen atoms in total. The molecule has 4 aliphatic rings. The summed E-state index contributed by atoms with van der Waals surface area (Å²) in [6, 6.07) is 0. The van der Waals surface area contributed by atoms with E-state index in [4.69, 9.17) is 0 Å². The molecule has 118 valence electrons. The Morgan fingerprint density at radius 2 is 1.76 bits per heavy atom. The minimum Gasteiger partial charge on any atom is -0.393 e. The van der Waals surface area contributed by atoms with Crippen LogP contribution in [-0.4, -0.2) is 11.2 Å². The molecule has 3 saturated carbocycles. The summed E-state index contributed by atoms with van der Waals surface area (Å²) >= 11 is 0. The van der Waals surface area contributed by atoms with Gasteiger partial charge in [-0.2, -0.15) is 0 Å². The van der Waals surface area contributed by atoms with E-state index in [0.717, 1.165) is 36.0 Å². The van der Waals surface area contributed by atoms with E-state index in [-0.39, 0.29) is 11.5 Å². The fourth-order valence-corrected chi connectivity index (χ4v) is 7.28. The van der Waals surface area contributed by atoms with Gasteiger partial charge in [0.05, 0.1) is 6.10 Å². The molecule has 0 saturated heterocycles. The monoisotopic (exact) mass is 288 g/mol. The summed E-state index contributed by atoms with van der Waals surface area (Å²) in [5, 5.41) is 10.5. The van der Waals surface area contributed by atoms with Crippen molar-refractivity contribution in [3.63, 3.8) is 0 Å². The fourth-order valence-electron chi connectivity index (χ4n) is 7.28. The number of aliphatic hydroxyl groups excluding tert-OH is 1. The maximum absolute atomic E-state index is 10.5. The Bertz CT molecular complexity index is 455. The third-order valence-corrected chi connectivity index (χ3v) is 8.45. The highest BCUT2D eigenvalue weighted by Crippen LogP contribution is 2.66. The van der Waals surface area contributed by atoms with Gasteiger partial charge in [0.15, 0.2) is 0 Å². The zero-order valence-electron chi connectivity index (χ0n) is 14.0. The second kappa shape index (κ2) is 4.60. The predicted octanol–water partition coefficient (Wildman–Crippen LogP) is 4.80. The van der Waals surface area contributed by atoms with E-state index in [9.17, 15) is 5.11 Å². The van der Waals surface area contributed by atoms with Gasteiger partial charge in [0.1, 0.15) is 0 Å². The van der Waals surface area contributed by atoms with Crippen LogP contribution in [0.25, 0.3) is 0 Å². The minimum absolute atomic E-state index is 0.0319. The molecule has 4 aliphatic carbocycles. The number of aliphatic hydroxyl groups is 1. The lowest BCUT2D eigenvalue weighted by molar-refractivity contribution is -0.120. The van der Waals surface area contributed by atoms with Crippen LogP contribution in [0.1, 0.15) is 65.7 Å². The first-order valence-electron chi connectivity index (χ1n) is 9.31. The SMILES string of the molecule is C[C@H]1C[C@@H]2[C@H](CC[C@]3(C)[C@@H](O)CC[C@@H]23)[C@@]2(C)CCC=C[C@@H]12. The Morgan fingerprint density at radius 1 is 1.00 bits per heavy atom. The van der Waals surface area contributed by atoms with Gasteiger partial charge >= 0.3 is 0 Å². The van der Waals surface area contributed by atoms with Crippen molar-refractivity contribution in [2.45, 2.75) is 71.8 Å². The van der Waals surface area contributed by atoms with E-state index in [2.05, 4.69) is 32.9 Å². The molecule has 0 aliphatic heterocycles. The lowest BCUT2D eigenvalue weighted by atomic mass is 9.44. The van der Waals surface area contributed by atoms with Gasteiger partial charge in [-0.3, -0.25) is 0 Å². The molecule has 0 radical (unpaired) electrons. The first-order chi connectivity index (χ1) is 9.97. The van der Waals surface area contributed by atoms with Crippen LogP contribution in [0.3, 0.4) is 0 Å². The molecular weight excluding hydrogens is 256 g/mol. The van der Waals surface area contributed by atoms with E-state index in [0.29, 0.717) is 5.41 Å². The van der Waals surface area contributed by atoms with Crippen LogP contribution >= 0.6 is 0 Å². The predicted molar refractivity (Wildman–Crippen MR) is 86.8 cm³/mol. The normalized spacial score (nSPS) is 59.2. The van der Waals surface area contributed by atoms with Crippen molar-refractivity contribution in [1.82, 2.24) is 0 Å². The maximum Gasteiger partial charge on any atom is 0.0596 e. The van der Waals surface area contributed by atoms with Crippen molar-refractivity contribution >= 4 is 0 Å². The first-order valence-corrected chi connectivity index (χ1v) is 9.31. The first kappa shape index (κ1) is 14.3. The Hall–Kier alpha value is -0.300. The fraction of sp³-hybridized carbons (Fsp3) is 0.900. The minimum atomic E-state index is -0.0319. The highest BCUT2D eigenvalue weighted by molar-refractivity contribution is 5.14. The summed E-state index contributed by atoms with van der Waals surface area (Å²) in [4.78, 5) is 0. The smallest absolute Gasteiger partial charge is 0.0596 e. The number of fused-ring (bicyclic) bond motifs is 5. The van der Waals surface area contributed by atoms with Gasteiger partial charge in [-0.05, 0) is 85.4 Å². The molecule has 0 aromatic heterocycles. The van der Waals surface area contributed by atoms with Gasteiger partial charge in [-0.1, -0.05) is 32.9 Å². The van der Waals surface area contributed by atoms with Crippen molar-refractivity contribution in [1.29, 1.82) is 0 Å². The third kappa shape index (κ3) is 1.79. The van der Waals surface area contributed by atoms with Crippen LogP contribution in [0.2, 0.25) is 0 Å². The molecular formula is C20H32O.